The summed E-state index contributed by atoms with van der Waals surface area (Å²) in [5.41, 5.74) is 1.28. The molecule has 3 unspecified atom stereocenters. The van der Waals surface area contributed by atoms with E-state index in [-0.39, 0.29) is 0 Å². The van der Waals surface area contributed by atoms with Crippen molar-refractivity contribution in [2.75, 3.05) is 0 Å². The van der Waals surface area contributed by atoms with Crippen LogP contribution in [0.4, 0.5) is 0 Å². The maximum absolute atomic E-state index is 2.48. The van der Waals surface area contributed by atoms with Crippen molar-refractivity contribution in [3.63, 3.8) is 0 Å². The summed E-state index contributed by atoms with van der Waals surface area (Å²) in [5.74, 6) is 1.77. The molecule has 0 aliphatic heterocycles. The van der Waals surface area contributed by atoms with Crippen LogP contribution in [-0.4, -0.2) is 0 Å². The molecule has 0 bridgehead atoms. The largest absolute Gasteiger partial charge is 0.0649 e. The van der Waals surface area contributed by atoms with Crippen molar-refractivity contribution >= 4 is 0 Å². The zero-order chi connectivity index (χ0) is 10.3. The van der Waals surface area contributed by atoms with E-state index in [2.05, 4.69) is 41.5 Å². The molecule has 0 heteroatoms. The fourth-order valence-electron chi connectivity index (χ4n) is 3.55. The highest BCUT2D eigenvalue weighted by Gasteiger charge is 2.54. The molecule has 1 rings (SSSR count). The third-order valence-electron chi connectivity index (χ3n) is 4.58. The van der Waals surface area contributed by atoms with Gasteiger partial charge in [-0.1, -0.05) is 48.0 Å². The van der Waals surface area contributed by atoms with Crippen LogP contribution in [0.1, 0.15) is 60.8 Å². The minimum absolute atomic E-state index is 0.638. The lowest BCUT2D eigenvalue weighted by Crippen LogP contribution is -2.52. The summed E-state index contributed by atoms with van der Waals surface area (Å²) in [5, 5.41) is 0. The lowest BCUT2D eigenvalue weighted by atomic mass is 9.45. The zero-order valence-corrected chi connectivity index (χ0v) is 10.3. The zero-order valence-electron chi connectivity index (χ0n) is 10.3. The van der Waals surface area contributed by atoms with Crippen molar-refractivity contribution in [1.29, 1.82) is 0 Å². The Bertz CT molecular complexity index is 182. The van der Waals surface area contributed by atoms with Crippen LogP contribution in [-0.2, 0) is 0 Å². The van der Waals surface area contributed by atoms with E-state index in [1.54, 1.807) is 0 Å². The molecule has 0 heterocycles. The maximum Gasteiger partial charge on any atom is -0.0287 e. The third kappa shape index (κ3) is 1.78. The molecule has 0 saturated heterocycles. The predicted octanol–water partition coefficient (Wildman–Crippen LogP) is 4.49. The standard InChI is InChI=1S/C13H26/c1-7-12(5)9-13(6,11(12)4)8-10(2)3/h10-11H,7-9H2,1-6H3. The van der Waals surface area contributed by atoms with E-state index >= 15 is 0 Å². The van der Waals surface area contributed by atoms with Crippen molar-refractivity contribution in [2.45, 2.75) is 60.8 Å². The highest BCUT2D eigenvalue weighted by molar-refractivity contribution is 5.03. The van der Waals surface area contributed by atoms with Gasteiger partial charge in [-0.15, -0.1) is 0 Å². The van der Waals surface area contributed by atoms with Gasteiger partial charge >= 0.3 is 0 Å². The van der Waals surface area contributed by atoms with Gasteiger partial charge in [-0.25, -0.2) is 0 Å². The quantitative estimate of drug-likeness (QED) is 0.603. The van der Waals surface area contributed by atoms with Crippen molar-refractivity contribution in [1.82, 2.24) is 0 Å². The van der Waals surface area contributed by atoms with Gasteiger partial charge in [-0.05, 0) is 35.5 Å². The molecule has 3 atom stereocenters. The van der Waals surface area contributed by atoms with Gasteiger partial charge in [0.15, 0.2) is 0 Å². The average Bonchev–Trinajstić information content (AvgIpc) is 2.02. The molecule has 13 heavy (non-hydrogen) atoms. The first-order valence-corrected chi connectivity index (χ1v) is 5.84. The van der Waals surface area contributed by atoms with Crippen LogP contribution in [0, 0.1) is 22.7 Å². The topological polar surface area (TPSA) is 0 Å². The molecule has 0 N–H and O–H groups in total. The molecule has 0 aromatic rings. The molecule has 0 aromatic carbocycles. The first-order valence-electron chi connectivity index (χ1n) is 5.84. The average molecular weight is 182 g/mol. The van der Waals surface area contributed by atoms with E-state index in [4.69, 9.17) is 0 Å². The second kappa shape index (κ2) is 3.29. The molecule has 0 radical (unpaired) electrons. The predicted molar refractivity (Wildman–Crippen MR) is 59.7 cm³/mol. The minimum Gasteiger partial charge on any atom is -0.0649 e. The Kier molecular flexibility index (Phi) is 2.81. The van der Waals surface area contributed by atoms with Crippen molar-refractivity contribution in [3.8, 4) is 0 Å². The highest BCUT2D eigenvalue weighted by atomic mass is 14.6. The molecule has 0 aromatic heterocycles. The van der Waals surface area contributed by atoms with Crippen molar-refractivity contribution < 1.29 is 0 Å². The van der Waals surface area contributed by atoms with Crippen LogP contribution in [0.3, 0.4) is 0 Å². The summed E-state index contributed by atoms with van der Waals surface area (Å²) in [6.45, 7) is 14.4. The number of hydrogen-bond donors (Lipinski definition) is 0. The highest BCUT2D eigenvalue weighted by Crippen LogP contribution is 2.62. The van der Waals surface area contributed by atoms with E-state index in [0.29, 0.717) is 10.8 Å². The summed E-state index contributed by atoms with van der Waals surface area (Å²) in [6.07, 6.45) is 4.20. The van der Waals surface area contributed by atoms with Crippen molar-refractivity contribution in [3.05, 3.63) is 0 Å². The Morgan fingerprint density at radius 1 is 1.23 bits per heavy atom. The van der Waals surface area contributed by atoms with E-state index in [1.165, 1.54) is 19.3 Å². The van der Waals surface area contributed by atoms with Gasteiger partial charge in [-0.2, -0.15) is 0 Å². The SMILES string of the molecule is CCC1(C)CC(C)(CC(C)C)C1C. The Hall–Kier alpha value is 0. The number of rotatable bonds is 3. The van der Waals surface area contributed by atoms with Crippen LogP contribution in [0.25, 0.3) is 0 Å². The normalized spacial score (nSPS) is 45.0. The van der Waals surface area contributed by atoms with Gasteiger partial charge in [0.25, 0.3) is 0 Å². The van der Waals surface area contributed by atoms with E-state index < -0.39 is 0 Å². The third-order valence-corrected chi connectivity index (χ3v) is 4.58. The van der Waals surface area contributed by atoms with Crippen molar-refractivity contribution in [2.24, 2.45) is 22.7 Å². The first kappa shape index (κ1) is 11.1. The smallest absolute Gasteiger partial charge is 0.0287 e. The molecule has 1 aliphatic carbocycles. The lowest BCUT2D eigenvalue weighted by Gasteiger charge is -2.60. The molecule has 0 amide bonds. The molecular formula is C13H26. The van der Waals surface area contributed by atoms with Gasteiger partial charge in [0, 0.05) is 0 Å². The molecule has 1 fully saturated rings. The van der Waals surface area contributed by atoms with Gasteiger partial charge in [-0.3, -0.25) is 0 Å². The Labute approximate surface area is 84.1 Å². The summed E-state index contributed by atoms with van der Waals surface area (Å²) < 4.78 is 0. The fraction of sp³-hybridized carbons (Fsp3) is 1.00. The van der Waals surface area contributed by atoms with Crippen LogP contribution in [0.5, 0.6) is 0 Å². The van der Waals surface area contributed by atoms with E-state index in [0.717, 1.165) is 11.8 Å². The monoisotopic (exact) mass is 182 g/mol. The fourth-order valence-corrected chi connectivity index (χ4v) is 3.55. The summed E-state index contributed by atoms with van der Waals surface area (Å²) in [4.78, 5) is 0. The van der Waals surface area contributed by atoms with E-state index in [1.807, 2.05) is 0 Å². The minimum atomic E-state index is 0.638. The Balaban J connectivity index is 2.59. The lowest BCUT2D eigenvalue weighted by molar-refractivity contribution is -0.108. The molecule has 1 saturated carbocycles. The Morgan fingerprint density at radius 2 is 1.77 bits per heavy atom. The maximum atomic E-state index is 2.48. The second-order valence-corrected chi connectivity index (χ2v) is 6.16. The van der Waals surface area contributed by atoms with Gasteiger partial charge < -0.3 is 0 Å². The van der Waals surface area contributed by atoms with Crippen LogP contribution < -0.4 is 0 Å². The van der Waals surface area contributed by atoms with Crippen LogP contribution in [0.2, 0.25) is 0 Å². The van der Waals surface area contributed by atoms with Gasteiger partial charge in [0.1, 0.15) is 0 Å². The number of hydrogen-bond acceptors (Lipinski definition) is 0. The van der Waals surface area contributed by atoms with E-state index in [9.17, 15) is 0 Å². The second-order valence-electron chi connectivity index (χ2n) is 6.16. The molecule has 0 spiro atoms. The van der Waals surface area contributed by atoms with Gasteiger partial charge in [0.2, 0.25) is 0 Å². The molecule has 1 aliphatic rings. The van der Waals surface area contributed by atoms with Crippen LogP contribution in [0.15, 0.2) is 0 Å². The summed E-state index contributed by atoms with van der Waals surface area (Å²) in [7, 11) is 0. The van der Waals surface area contributed by atoms with Gasteiger partial charge in [0.05, 0.1) is 0 Å². The molecule has 78 valence electrons. The molecular weight excluding hydrogens is 156 g/mol. The van der Waals surface area contributed by atoms with Crippen LogP contribution >= 0.6 is 0 Å². The Morgan fingerprint density at radius 3 is 2.08 bits per heavy atom. The molecule has 0 nitrogen and oxygen atoms in total. The first-order chi connectivity index (χ1) is 5.84. The summed E-state index contributed by atoms with van der Waals surface area (Å²) in [6, 6.07) is 0. The summed E-state index contributed by atoms with van der Waals surface area (Å²) >= 11 is 0.